The van der Waals surface area contributed by atoms with Crippen LogP contribution in [0.25, 0.3) is 0 Å². The largest absolute Gasteiger partial charge is 0.490 e. The summed E-state index contributed by atoms with van der Waals surface area (Å²) in [6.07, 6.45) is 1.62. The maximum absolute atomic E-state index is 13.1. The van der Waals surface area contributed by atoms with E-state index in [-0.39, 0.29) is 29.7 Å². The molecule has 2 fully saturated rings. The highest BCUT2D eigenvalue weighted by Crippen LogP contribution is 2.38. The highest BCUT2D eigenvalue weighted by atomic mass is 32.2. The Bertz CT molecular complexity index is 2620. The Morgan fingerprint density at radius 1 is 0.615 bits per heavy atom. The van der Waals surface area contributed by atoms with Gasteiger partial charge >= 0.3 is 24.2 Å². The fraction of sp³-hybridized carbons (Fsp3) is 0.196. The molecule has 0 atom stereocenters. The van der Waals surface area contributed by atoms with Crippen molar-refractivity contribution < 1.29 is 46.6 Å². The fourth-order valence-corrected chi connectivity index (χ4v) is 8.97. The van der Waals surface area contributed by atoms with Gasteiger partial charge in [-0.1, -0.05) is 29.6 Å². The first-order valence-corrected chi connectivity index (χ1v) is 22.0. The van der Waals surface area contributed by atoms with Gasteiger partial charge in [0.15, 0.2) is 0 Å². The van der Waals surface area contributed by atoms with Crippen molar-refractivity contribution in [3.05, 3.63) is 156 Å². The molecular formula is C46H40F4N6O6S3. The number of pyridine rings is 2. The standard InChI is InChI=1S/C23H20FN3O2S.C21H19N3O2S2.C2HF3O2/c1-23(2)21(28)27(22(29)26(23)15-16-11-13-25-14-12-16)18-5-9-20(10-6-18)30-19-7-3-17(24)4-8-19;1-21(2)19(25)24(20(26)23(21)14-15-9-11-22-12-10-15)16-5-7-17(8-6-16)28-18-4-3-13-27-18;3-2(4,5)1(6)7/h3-14H,15H2,1-2H3;3-13H,14H2,1-2H3;(H,6,7). The van der Waals surface area contributed by atoms with Crippen LogP contribution in [-0.2, 0) is 27.5 Å². The third-order valence-electron chi connectivity index (χ3n) is 10.0. The smallest absolute Gasteiger partial charge is 0.475 e. The Labute approximate surface area is 383 Å². The monoisotopic (exact) mass is 944 g/mol. The lowest BCUT2D eigenvalue weighted by Gasteiger charge is -2.27. The van der Waals surface area contributed by atoms with E-state index in [9.17, 15) is 36.7 Å². The molecule has 8 rings (SSSR count). The van der Waals surface area contributed by atoms with Crippen LogP contribution in [0.15, 0.2) is 158 Å². The molecule has 3 aromatic heterocycles. The van der Waals surface area contributed by atoms with Crippen molar-refractivity contribution in [3.8, 4) is 0 Å². The summed E-state index contributed by atoms with van der Waals surface area (Å²) in [5.74, 6) is -3.52. The highest BCUT2D eigenvalue weighted by molar-refractivity contribution is 8.01. The van der Waals surface area contributed by atoms with Gasteiger partial charge in [-0.25, -0.2) is 28.6 Å². The summed E-state index contributed by atoms with van der Waals surface area (Å²) < 4.78 is 46.0. The molecule has 2 aliphatic heterocycles. The molecule has 0 spiro atoms. The van der Waals surface area contributed by atoms with Gasteiger partial charge in [-0.2, -0.15) is 13.2 Å². The predicted molar refractivity (Wildman–Crippen MR) is 239 cm³/mol. The minimum atomic E-state index is -5.08. The number of hydrogen-bond acceptors (Lipinski definition) is 10. The summed E-state index contributed by atoms with van der Waals surface area (Å²) in [7, 11) is 0. The maximum atomic E-state index is 13.1. The third-order valence-corrected chi connectivity index (χ3v) is 13.1. The van der Waals surface area contributed by atoms with Crippen LogP contribution in [0.5, 0.6) is 0 Å². The second-order valence-electron chi connectivity index (χ2n) is 15.2. The summed E-state index contributed by atoms with van der Waals surface area (Å²) in [5.41, 5.74) is 1.10. The molecule has 1 N–H and O–H groups in total. The number of carboxylic acid groups (broad SMARTS) is 1. The molecule has 19 heteroatoms. The summed E-state index contributed by atoms with van der Waals surface area (Å²) >= 11 is 4.83. The number of rotatable bonds is 10. The number of anilines is 2. The average molecular weight is 945 g/mol. The molecule has 6 aromatic rings. The van der Waals surface area contributed by atoms with Crippen molar-refractivity contribution in [2.24, 2.45) is 0 Å². The number of amides is 6. The van der Waals surface area contributed by atoms with E-state index in [4.69, 9.17) is 9.90 Å². The van der Waals surface area contributed by atoms with Gasteiger partial charge in [0.05, 0.1) is 15.6 Å². The van der Waals surface area contributed by atoms with Crippen molar-refractivity contribution in [1.29, 1.82) is 0 Å². The molecule has 65 heavy (non-hydrogen) atoms. The zero-order chi connectivity index (χ0) is 47.1. The van der Waals surface area contributed by atoms with Crippen LogP contribution in [0.2, 0.25) is 0 Å². The Morgan fingerprint density at radius 3 is 1.34 bits per heavy atom. The molecule has 6 amide bonds. The van der Waals surface area contributed by atoms with Gasteiger partial charge in [0.2, 0.25) is 0 Å². The number of benzene rings is 3. The van der Waals surface area contributed by atoms with E-state index in [1.807, 2.05) is 72.1 Å². The molecule has 3 aromatic carbocycles. The number of alkyl halides is 3. The van der Waals surface area contributed by atoms with Crippen molar-refractivity contribution in [2.45, 2.75) is 76.9 Å². The molecule has 5 heterocycles. The Hall–Kier alpha value is -6.57. The summed E-state index contributed by atoms with van der Waals surface area (Å²) in [5, 5.41) is 9.16. The molecule has 2 aliphatic rings. The number of hydrogen-bond donors (Lipinski definition) is 1. The minimum Gasteiger partial charge on any atom is -0.475 e. The number of aliphatic carboxylic acids is 1. The fourth-order valence-electron chi connectivity index (χ4n) is 6.40. The minimum absolute atomic E-state index is 0.217. The van der Waals surface area contributed by atoms with Crippen LogP contribution in [0, 0.1) is 5.82 Å². The number of nitrogens with zero attached hydrogens (tertiary/aromatic N) is 6. The molecule has 0 bridgehead atoms. The third kappa shape index (κ3) is 11.4. The number of aromatic nitrogens is 2. The number of halogens is 4. The van der Waals surface area contributed by atoms with Gasteiger partial charge in [-0.15, -0.1) is 11.3 Å². The van der Waals surface area contributed by atoms with Crippen molar-refractivity contribution >= 4 is 76.1 Å². The first-order valence-electron chi connectivity index (χ1n) is 19.5. The Kier molecular flexibility index (Phi) is 14.8. The van der Waals surface area contributed by atoms with E-state index < -0.39 is 23.2 Å². The summed E-state index contributed by atoms with van der Waals surface area (Å²) in [4.78, 5) is 77.8. The van der Waals surface area contributed by atoms with E-state index in [1.54, 1.807) is 110 Å². The van der Waals surface area contributed by atoms with Crippen molar-refractivity contribution in [1.82, 2.24) is 19.8 Å². The zero-order valence-corrected chi connectivity index (χ0v) is 37.6. The van der Waals surface area contributed by atoms with Crippen LogP contribution in [0.1, 0.15) is 38.8 Å². The van der Waals surface area contributed by atoms with E-state index in [0.717, 1.165) is 25.8 Å². The number of carboxylic acids is 1. The number of carbonyl (C=O) groups is 5. The SMILES string of the molecule is CC1(C)C(=O)N(c2ccc(Sc3ccc(F)cc3)cc2)C(=O)N1Cc1ccncc1.CC1(C)C(=O)N(c2ccc(Sc3cccs3)cc2)C(=O)N1Cc1ccncc1.O=C(O)C(F)(F)F. The second kappa shape index (κ2) is 20.1. The molecule has 0 saturated carbocycles. The van der Waals surface area contributed by atoms with Gasteiger partial charge in [-0.3, -0.25) is 19.6 Å². The topological polar surface area (TPSA) is 144 Å². The van der Waals surface area contributed by atoms with E-state index in [2.05, 4.69) is 16.0 Å². The predicted octanol–water partition coefficient (Wildman–Crippen LogP) is 10.8. The number of urea groups is 2. The van der Waals surface area contributed by atoms with E-state index >= 15 is 0 Å². The van der Waals surface area contributed by atoms with Gasteiger partial charge in [0.1, 0.15) is 16.9 Å². The van der Waals surface area contributed by atoms with Gasteiger partial charge < -0.3 is 14.9 Å². The van der Waals surface area contributed by atoms with Crippen molar-refractivity contribution in [2.75, 3.05) is 9.80 Å². The van der Waals surface area contributed by atoms with Gasteiger partial charge in [-0.05, 0) is 147 Å². The number of carbonyl (C=O) groups excluding carboxylic acids is 4. The Morgan fingerprint density at radius 2 is 0.985 bits per heavy atom. The lowest BCUT2D eigenvalue weighted by Crippen LogP contribution is -2.43. The van der Waals surface area contributed by atoms with Gasteiger partial charge in [0.25, 0.3) is 11.8 Å². The summed E-state index contributed by atoms with van der Waals surface area (Å²) in [6.45, 7) is 7.78. The Balaban J connectivity index is 0.000000188. The highest BCUT2D eigenvalue weighted by Gasteiger charge is 2.53. The number of thiophene rings is 1. The molecule has 2 saturated heterocycles. The van der Waals surface area contributed by atoms with Gasteiger partial charge in [0, 0.05) is 52.6 Å². The molecule has 12 nitrogen and oxygen atoms in total. The number of imide groups is 2. The quantitative estimate of drug-likeness (QED) is 0.104. The molecule has 0 radical (unpaired) electrons. The van der Waals surface area contributed by atoms with Crippen LogP contribution in [0.3, 0.4) is 0 Å². The van der Waals surface area contributed by atoms with Crippen LogP contribution in [0.4, 0.5) is 38.5 Å². The normalized spacial score (nSPS) is 15.4. The first-order chi connectivity index (χ1) is 30.8. The van der Waals surface area contributed by atoms with Crippen LogP contribution in [-0.4, -0.2) is 72.0 Å². The molecule has 0 unspecified atom stereocenters. The van der Waals surface area contributed by atoms with E-state index in [1.165, 1.54) is 37.9 Å². The van der Waals surface area contributed by atoms with E-state index in [0.29, 0.717) is 24.5 Å². The van der Waals surface area contributed by atoms with Crippen LogP contribution >= 0.6 is 34.9 Å². The van der Waals surface area contributed by atoms with Crippen LogP contribution < -0.4 is 9.80 Å². The zero-order valence-electron chi connectivity index (χ0n) is 35.1. The maximum Gasteiger partial charge on any atom is 0.490 e. The first kappa shape index (κ1) is 47.9. The summed E-state index contributed by atoms with van der Waals surface area (Å²) in [6, 6.07) is 31.8. The van der Waals surface area contributed by atoms with Crippen molar-refractivity contribution in [3.63, 3.8) is 0 Å². The molecule has 336 valence electrons. The lowest BCUT2D eigenvalue weighted by atomic mass is 10.0. The molecular weight excluding hydrogens is 905 g/mol. The lowest BCUT2D eigenvalue weighted by molar-refractivity contribution is -0.192. The molecule has 0 aliphatic carbocycles. The average Bonchev–Trinajstić information content (AvgIpc) is 3.90. The second-order valence-corrected chi connectivity index (χ2v) is 18.7.